The van der Waals surface area contributed by atoms with Crippen LogP contribution in [0.3, 0.4) is 0 Å². The van der Waals surface area contributed by atoms with Crippen LogP contribution in [0.5, 0.6) is 0 Å². The van der Waals surface area contributed by atoms with E-state index >= 15 is 0 Å². The molecule has 2 rings (SSSR count). The molecule has 1 aliphatic carbocycles. The maximum Gasteiger partial charge on any atom is 0.326 e. The predicted octanol–water partition coefficient (Wildman–Crippen LogP) is 4.70. The van der Waals surface area contributed by atoms with Gasteiger partial charge in [-0.1, -0.05) is 31.9 Å². The van der Waals surface area contributed by atoms with Gasteiger partial charge in [0.1, 0.15) is 6.04 Å². The summed E-state index contributed by atoms with van der Waals surface area (Å²) >= 11 is 1.58. The van der Waals surface area contributed by atoms with Gasteiger partial charge in [-0.15, -0.1) is 0 Å². The maximum atomic E-state index is 12.3. The van der Waals surface area contributed by atoms with Crippen molar-refractivity contribution in [3.8, 4) is 0 Å². The van der Waals surface area contributed by atoms with Gasteiger partial charge in [-0.25, -0.2) is 4.79 Å². The van der Waals surface area contributed by atoms with Crippen LogP contribution >= 0.6 is 11.8 Å². The Balaban J connectivity index is 1.92. The molecular formula is C21H31NO3S. The summed E-state index contributed by atoms with van der Waals surface area (Å²) in [6.07, 6.45) is 10.0. The van der Waals surface area contributed by atoms with E-state index < -0.39 is 12.0 Å². The molecule has 0 spiro atoms. The monoisotopic (exact) mass is 377 g/mol. The second-order valence-corrected chi connectivity index (χ2v) is 8.26. The van der Waals surface area contributed by atoms with E-state index in [1.165, 1.54) is 44.1 Å². The Kier molecular flexibility index (Phi) is 8.49. The van der Waals surface area contributed by atoms with Crippen molar-refractivity contribution >= 4 is 23.6 Å². The molecular weight excluding hydrogens is 346 g/mol. The van der Waals surface area contributed by atoms with Gasteiger partial charge in [0.05, 0.1) is 0 Å². The van der Waals surface area contributed by atoms with Crippen molar-refractivity contribution < 1.29 is 14.7 Å². The Labute approximate surface area is 161 Å². The summed E-state index contributed by atoms with van der Waals surface area (Å²) in [7, 11) is 0. The van der Waals surface area contributed by atoms with Crippen LogP contribution in [0.25, 0.3) is 0 Å². The number of hydrogen-bond acceptors (Lipinski definition) is 3. The Morgan fingerprint density at radius 3 is 2.38 bits per heavy atom. The molecule has 144 valence electrons. The normalized spacial score (nSPS) is 21.2. The number of aliphatic carboxylic acids is 1. The lowest BCUT2D eigenvalue weighted by Crippen LogP contribution is -2.41. The number of hydrogen-bond donors (Lipinski definition) is 2. The van der Waals surface area contributed by atoms with Crippen molar-refractivity contribution in [3.05, 3.63) is 35.4 Å². The smallest absolute Gasteiger partial charge is 0.326 e. The lowest BCUT2D eigenvalue weighted by Gasteiger charge is -2.28. The maximum absolute atomic E-state index is 12.3. The molecule has 4 nitrogen and oxygen atoms in total. The van der Waals surface area contributed by atoms with Crippen molar-refractivity contribution in [1.82, 2.24) is 5.32 Å². The van der Waals surface area contributed by atoms with E-state index in [0.29, 0.717) is 23.7 Å². The molecule has 1 saturated carbocycles. The van der Waals surface area contributed by atoms with Crippen molar-refractivity contribution in [2.45, 2.75) is 63.8 Å². The summed E-state index contributed by atoms with van der Waals surface area (Å²) in [5, 5.41) is 11.9. The van der Waals surface area contributed by atoms with E-state index in [-0.39, 0.29) is 5.91 Å². The number of rotatable bonds is 9. The minimum absolute atomic E-state index is 0.309. The van der Waals surface area contributed by atoms with E-state index in [4.69, 9.17) is 0 Å². The second kappa shape index (κ2) is 10.6. The van der Waals surface area contributed by atoms with Gasteiger partial charge < -0.3 is 10.4 Å². The number of benzene rings is 1. The molecule has 0 aliphatic heterocycles. The number of carboxylic acids is 1. The molecule has 1 aromatic rings. The SMILES string of the molecule is CCCC1CCC(c2ccc(C(=O)NC(CCSC)C(=O)O)cc2)CC1. The van der Waals surface area contributed by atoms with Gasteiger partial charge in [0.15, 0.2) is 0 Å². The van der Waals surface area contributed by atoms with E-state index in [1.807, 2.05) is 30.5 Å². The van der Waals surface area contributed by atoms with Crippen LogP contribution in [0.4, 0.5) is 0 Å². The Bertz CT molecular complexity index is 579. The summed E-state index contributed by atoms with van der Waals surface area (Å²) in [4.78, 5) is 23.6. The van der Waals surface area contributed by atoms with Gasteiger partial charge in [-0.05, 0) is 73.6 Å². The summed E-state index contributed by atoms with van der Waals surface area (Å²) < 4.78 is 0. The highest BCUT2D eigenvalue weighted by Gasteiger charge is 2.23. The number of thioether (sulfide) groups is 1. The van der Waals surface area contributed by atoms with Crippen LogP contribution in [-0.4, -0.2) is 35.0 Å². The van der Waals surface area contributed by atoms with Gasteiger partial charge in [-0.3, -0.25) is 4.79 Å². The van der Waals surface area contributed by atoms with Crippen molar-refractivity contribution in [3.63, 3.8) is 0 Å². The zero-order chi connectivity index (χ0) is 18.9. The van der Waals surface area contributed by atoms with Gasteiger partial charge in [0.2, 0.25) is 0 Å². The number of carbonyl (C=O) groups is 2. The standard InChI is InChI=1S/C21H31NO3S/c1-3-4-15-5-7-16(8-6-15)17-9-11-18(12-10-17)20(23)22-19(21(24)25)13-14-26-2/h9-12,15-16,19H,3-8,13-14H2,1-2H3,(H,22,23)(H,24,25). The molecule has 0 saturated heterocycles. The first kappa shape index (κ1) is 20.8. The molecule has 2 N–H and O–H groups in total. The third-order valence-corrected chi connectivity index (χ3v) is 6.05. The van der Waals surface area contributed by atoms with Crippen LogP contribution in [0, 0.1) is 5.92 Å². The average Bonchev–Trinajstić information content (AvgIpc) is 2.66. The van der Waals surface area contributed by atoms with Crippen LogP contribution < -0.4 is 5.32 Å². The average molecular weight is 378 g/mol. The molecule has 26 heavy (non-hydrogen) atoms. The first-order valence-electron chi connectivity index (χ1n) is 9.67. The number of carbonyl (C=O) groups excluding carboxylic acids is 1. The highest BCUT2D eigenvalue weighted by molar-refractivity contribution is 7.98. The van der Waals surface area contributed by atoms with E-state index in [1.54, 1.807) is 11.8 Å². The summed E-state index contributed by atoms with van der Waals surface area (Å²) in [6, 6.07) is 6.91. The fourth-order valence-electron chi connectivity index (χ4n) is 3.83. The fourth-order valence-corrected chi connectivity index (χ4v) is 4.31. The quantitative estimate of drug-likeness (QED) is 0.655. The van der Waals surface area contributed by atoms with Crippen LogP contribution in [0.2, 0.25) is 0 Å². The van der Waals surface area contributed by atoms with E-state index in [0.717, 1.165) is 5.92 Å². The minimum Gasteiger partial charge on any atom is -0.480 e. The Morgan fingerprint density at radius 1 is 1.19 bits per heavy atom. The molecule has 0 aromatic heterocycles. The summed E-state index contributed by atoms with van der Waals surface area (Å²) in [5.74, 6) is 0.894. The zero-order valence-corrected chi connectivity index (χ0v) is 16.7. The first-order valence-corrected chi connectivity index (χ1v) is 11.1. The topological polar surface area (TPSA) is 66.4 Å². The molecule has 1 fully saturated rings. The van der Waals surface area contributed by atoms with E-state index in [9.17, 15) is 14.7 Å². The van der Waals surface area contributed by atoms with Gasteiger partial charge >= 0.3 is 5.97 Å². The first-order chi connectivity index (χ1) is 12.5. The lowest BCUT2D eigenvalue weighted by molar-refractivity contribution is -0.139. The Hall–Kier alpha value is -1.49. The molecule has 1 unspecified atom stereocenters. The van der Waals surface area contributed by atoms with E-state index in [2.05, 4.69) is 12.2 Å². The van der Waals surface area contributed by atoms with Crippen LogP contribution in [0.15, 0.2) is 24.3 Å². The minimum atomic E-state index is -0.979. The van der Waals surface area contributed by atoms with Gasteiger partial charge in [0, 0.05) is 5.56 Å². The number of amides is 1. The molecule has 1 amide bonds. The molecule has 0 heterocycles. The molecule has 5 heteroatoms. The second-order valence-electron chi connectivity index (χ2n) is 7.27. The van der Waals surface area contributed by atoms with Gasteiger partial charge in [0.25, 0.3) is 5.91 Å². The fraction of sp³-hybridized carbons (Fsp3) is 0.619. The van der Waals surface area contributed by atoms with Gasteiger partial charge in [-0.2, -0.15) is 11.8 Å². The van der Waals surface area contributed by atoms with Crippen molar-refractivity contribution in [1.29, 1.82) is 0 Å². The Morgan fingerprint density at radius 2 is 1.85 bits per heavy atom. The largest absolute Gasteiger partial charge is 0.480 e. The zero-order valence-electron chi connectivity index (χ0n) is 15.9. The summed E-state index contributed by atoms with van der Waals surface area (Å²) in [6.45, 7) is 2.26. The van der Waals surface area contributed by atoms with Crippen LogP contribution in [0.1, 0.15) is 73.7 Å². The third-order valence-electron chi connectivity index (χ3n) is 5.40. The highest BCUT2D eigenvalue weighted by atomic mass is 32.2. The van der Waals surface area contributed by atoms with Crippen molar-refractivity contribution in [2.75, 3.05) is 12.0 Å². The lowest BCUT2D eigenvalue weighted by atomic mass is 9.77. The molecule has 1 aliphatic rings. The molecule has 0 radical (unpaired) electrons. The molecule has 0 bridgehead atoms. The summed E-state index contributed by atoms with van der Waals surface area (Å²) in [5.41, 5.74) is 1.83. The predicted molar refractivity (Wildman–Crippen MR) is 108 cm³/mol. The van der Waals surface area contributed by atoms with Crippen LogP contribution in [-0.2, 0) is 4.79 Å². The third kappa shape index (κ3) is 6.04. The highest BCUT2D eigenvalue weighted by Crippen LogP contribution is 2.37. The molecule has 1 atom stereocenters. The van der Waals surface area contributed by atoms with Crippen molar-refractivity contribution in [2.24, 2.45) is 5.92 Å². The number of carboxylic acid groups (broad SMARTS) is 1. The number of nitrogens with one attached hydrogen (secondary N) is 1. The molecule has 1 aromatic carbocycles.